The summed E-state index contributed by atoms with van der Waals surface area (Å²) < 4.78 is 0.757. The summed E-state index contributed by atoms with van der Waals surface area (Å²) in [6, 6.07) is 17.2. The summed E-state index contributed by atoms with van der Waals surface area (Å²) in [5.41, 5.74) is 5.15. The second kappa shape index (κ2) is 7.90. The van der Waals surface area contributed by atoms with Crippen molar-refractivity contribution in [3.63, 3.8) is 0 Å². The van der Waals surface area contributed by atoms with Crippen LogP contribution < -0.4 is 5.43 Å². The molecule has 0 saturated carbocycles. The average Bonchev–Trinajstić information content (AvgIpc) is 2.52. The molecule has 4 heteroatoms. The van der Waals surface area contributed by atoms with Crippen LogP contribution in [0, 0.1) is 5.92 Å². The number of hydrogen-bond acceptors (Lipinski definition) is 2. The predicted molar refractivity (Wildman–Crippen MR) is 94.0 cm³/mol. The largest absolute Gasteiger partial charge is 0.272 e. The Morgan fingerprint density at radius 2 is 1.73 bits per heavy atom. The molecule has 0 atom stereocenters. The van der Waals surface area contributed by atoms with Crippen LogP contribution in [0.3, 0.4) is 0 Å². The van der Waals surface area contributed by atoms with E-state index in [2.05, 4.69) is 40.3 Å². The van der Waals surface area contributed by atoms with Gasteiger partial charge in [0.2, 0.25) is 0 Å². The Bertz CT molecular complexity index is 666. The van der Waals surface area contributed by atoms with Crippen LogP contribution in [0.4, 0.5) is 0 Å². The molecule has 0 bridgehead atoms. The third kappa shape index (κ3) is 4.53. The quantitative estimate of drug-likeness (QED) is 0.614. The first-order valence-corrected chi connectivity index (χ1v) is 8.04. The smallest absolute Gasteiger partial charge is 0.267 e. The van der Waals surface area contributed by atoms with Gasteiger partial charge in [0, 0.05) is 4.47 Å². The molecule has 0 fully saturated rings. The fourth-order valence-electron chi connectivity index (χ4n) is 2.07. The summed E-state index contributed by atoms with van der Waals surface area (Å²) >= 11 is 3.38. The molecule has 22 heavy (non-hydrogen) atoms. The molecule has 0 heterocycles. The standard InChI is InChI=1S/C18H19BrN2O/c1-13(2)12-17(14-8-4-3-5-9-14)20-21-18(22)15-10-6-7-11-16(15)19/h3-11,13H,12H2,1-2H3,(H,21,22)/b20-17-. The van der Waals surface area contributed by atoms with Crippen LogP contribution in [0.25, 0.3) is 0 Å². The van der Waals surface area contributed by atoms with E-state index in [0.29, 0.717) is 11.5 Å². The molecule has 0 radical (unpaired) electrons. The molecule has 2 rings (SSSR count). The van der Waals surface area contributed by atoms with Crippen molar-refractivity contribution < 1.29 is 4.79 Å². The molecule has 0 aromatic heterocycles. The van der Waals surface area contributed by atoms with Crippen LogP contribution >= 0.6 is 15.9 Å². The molecule has 114 valence electrons. The summed E-state index contributed by atoms with van der Waals surface area (Å²) in [6.07, 6.45) is 0.806. The Hall–Kier alpha value is -1.94. The van der Waals surface area contributed by atoms with E-state index >= 15 is 0 Å². The minimum atomic E-state index is -0.218. The van der Waals surface area contributed by atoms with E-state index in [1.54, 1.807) is 6.07 Å². The van der Waals surface area contributed by atoms with Gasteiger partial charge in [0.05, 0.1) is 11.3 Å². The number of carbonyl (C=O) groups excluding carboxylic acids is 1. The van der Waals surface area contributed by atoms with E-state index in [4.69, 9.17) is 0 Å². The molecule has 1 N–H and O–H groups in total. The molecular formula is C18H19BrN2O. The lowest BCUT2D eigenvalue weighted by molar-refractivity contribution is 0.0954. The number of nitrogens with zero attached hydrogens (tertiary/aromatic N) is 1. The molecule has 0 aliphatic heterocycles. The molecule has 0 spiro atoms. The number of benzene rings is 2. The summed E-state index contributed by atoms with van der Waals surface area (Å²) in [7, 11) is 0. The minimum Gasteiger partial charge on any atom is -0.267 e. The lowest BCUT2D eigenvalue weighted by Gasteiger charge is -2.10. The zero-order chi connectivity index (χ0) is 15.9. The molecule has 0 saturated heterocycles. The molecule has 0 unspecified atom stereocenters. The fourth-order valence-corrected chi connectivity index (χ4v) is 2.53. The van der Waals surface area contributed by atoms with Gasteiger partial charge in [-0.15, -0.1) is 0 Å². The number of hydrazone groups is 1. The third-order valence-corrected chi connectivity index (χ3v) is 3.81. The predicted octanol–water partition coefficient (Wildman–Crippen LogP) is 4.63. The monoisotopic (exact) mass is 358 g/mol. The van der Waals surface area contributed by atoms with Crippen LogP contribution in [0.2, 0.25) is 0 Å². The zero-order valence-electron chi connectivity index (χ0n) is 12.7. The van der Waals surface area contributed by atoms with Gasteiger partial charge in [-0.2, -0.15) is 5.10 Å². The van der Waals surface area contributed by atoms with Crippen molar-refractivity contribution in [3.8, 4) is 0 Å². The SMILES string of the molecule is CC(C)C/C(=N/NC(=O)c1ccccc1Br)c1ccccc1. The maximum atomic E-state index is 12.2. The average molecular weight is 359 g/mol. The third-order valence-electron chi connectivity index (χ3n) is 3.12. The highest BCUT2D eigenvalue weighted by molar-refractivity contribution is 9.10. The van der Waals surface area contributed by atoms with E-state index < -0.39 is 0 Å². The van der Waals surface area contributed by atoms with Crippen molar-refractivity contribution in [2.24, 2.45) is 11.0 Å². The van der Waals surface area contributed by atoms with Crippen LogP contribution in [0.15, 0.2) is 64.2 Å². The maximum Gasteiger partial charge on any atom is 0.272 e. The van der Waals surface area contributed by atoms with E-state index in [9.17, 15) is 4.79 Å². The highest BCUT2D eigenvalue weighted by atomic mass is 79.9. The Morgan fingerprint density at radius 3 is 2.36 bits per heavy atom. The van der Waals surface area contributed by atoms with Crippen molar-refractivity contribution in [1.29, 1.82) is 0 Å². The van der Waals surface area contributed by atoms with Gasteiger partial charge >= 0.3 is 0 Å². The summed E-state index contributed by atoms with van der Waals surface area (Å²) in [5.74, 6) is 0.240. The van der Waals surface area contributed by atoms with Gasteiger partial charge in [-0.25, -0.2) is 5.43 Å². The van der Waals surface area contributed by atoms with Gasteiger partial charge in [-0.3, -0.25) is 4.79 Å². The molecular weight excluding hydrogens is 340 g/mol. The first kappa shape index (κ1) is 16.4. The molecule has 2 aromatic rings. The molecule has 0 aliphatic carbocycles. The lowest BCUT2D eigenvalue weighted by atomic mass is 10.0. The number of halogens is 1. The van der Waals surface area contributed by atoms with Crippen molar-refractivity contribution in [2.75, 3.05) is 0 Å². The molecule has 1 amide bonds. The molecule has 2 aromatic carbocycles. The zero-order valence-corrected chi connectivity index (χ0v) is 14.3. The topological polar surface area (TPSA) is 41.5 Å². The second-order valence-electron chi connectivity index (χ2n) is 5.44. The van der Waals surface area contributed by atoms with Crippen LogP contribution in [0.5, 0.6) is 0 Å². The molecule has 0 aliphatic rings. The number of rotatable bonds is 5. The van der Waals surface area contributed by atoms with Crippen molar-refractivity contribution in [2.45, 2.75) is 20.3 Å². The minimum absolute atomic E-state index is 0.218. The van der Waals surface area contributed by atoms with Gasteiger partial charge in [0.15, 0.2) is 0 Å². The Morgan fingerprint density at radius 1 is 1.09 bits per heavy atom. The van der Waals surface area contributed by atoms with E-state index in [-0.39, 0.29) is 5.91 Å². The van der Waals surface area contributed by atoms with Crippen LogP contribution in [0.1, 0.15) is 36.2 Å². The lowest BCUT2D eigenvalue weighted by Crippen LogP contribution is -2.21. The van der Waals surface area contributed by atoms with Gasteiger partial charge in [-0.1, -0.05) is 56.3 Å². The number of amides is 1. The Labute approximate surface area is 139 Å². The maximum absolute atomic E-state index is 12.2. The van der Waals surface area contributed by atoms with Crippen molar-refractivity contribution in [3.05, 3.63) is 70.2 Å². The number of nitrogens with one attached hydrogen (secondary N) is 1. The van der Waals surface area contributed by atoms with Gasteiger partial charge < -0.3 is 0 Å². The molecule has 3 nitrogen and oxygen atoms in total. The highest BCUT2D eigenvalue weighted by Crippen LogP contribution is 2.16. The highest BCUT2D eigenvalue weighted by Gasteiger charge is 2.10. The summed E-state index contributed by atoms with van der Waals surface area (Å²) in [4.78, 5) is 12.2. The van der Waals surface area contributed by atoms with Crippen LogP contribution in [-0.4, -0.2) is 11.6 Å². The van der Waals surface area contributed by atoms with Gasteiger partial charge in [-0.05, 0) is 46.0 Å². The first-order valence-electron chi connectivity index (χ1n) is 7.24. The normalized spacial score (nSPS) is 11.5. The van der Waals surface area contributed by atoms with E-state index in [0.717, 1.165) is 22.2 Å². The van der Waals surface area contributed by atoms with E-state index in [1.165, 1.54) is 0 Å². The van der Waals surface area contributed by atoms with Crippen molar-refractivity contribution >= 4 is 27.5 Å². The summed E-state index contributed by atoms with van der Waals surface area (Å²) in [5, 5.41) is 4.35. The van der Waals surface area contributed by atoms with Crippen LogP contribution in [-0.2, 0) is 0 Å². The summed E-state index contributed by atoms with van der Waals surface area (Å²) in [6.45, 7) is 4.27. The van der Waals surface area contributed by atoms with E-state index in [1.807, 2.05) is 48.5 Å². The van der Waals surface area contributed by atoms with Gasteiger partial charge in [0.1, 0.15) is 0 Å². The Kier molecular flexibility index (Phi) is 5.90. The first-order chi connectivity index (χ1) is 10.6. The Balaban J connectivity index is 2.20. The van der Waals surface area contributed by atoms with Gasteiger partial charge in [0.25, 0.3) is 5.91 Å². The van der Waals surface area contributed by atoms with Crippen molar-refractivity contribution in [1.82, 2.24) is 5.43 Å². The number of hydrogen-bond donors (Lipinski definition) is 1. The fraction of sp³-hybridized carbons (Fsp3) is 0.222. The number of carbonyl (C=O) groups is 1. The second-order valence-corrected chi connectivity index (χ2v) is 6.30.